The quantitative estimate of drug-likeness (QED) is 0.863. The molecule has 1 N–H and O–H groups in total. The van der Waals surface area contributed by atoms with Crippen LogP contribution in [-0.2, 0) is 4.79 Å². The van der Waals surface area contributed by atoms with Gasteiger partial charge in [0.2, 0.25) is 0 Å². The van der Waals surface area contributed by atoms with Gasteiger partial charge in [-0.3, -0.25) is 9.78 Å². The molecule has 5 heteroatoms. The predicted octanol–water partition coefficient (Wildman–Crippen LogP) is 2.32. The SMILES string of the molecule is Cc1nc2c(C)cccc2cc1C(=O)N1CC=C[C@@H]1C(=O)O. The summed E-state index contributed by atoms with van der Waals surface area (Å²) in [6.45, 7) is 4.06. The van der Waals surface area contributed by atoms with Crippen LogP contribution >= 0.6 is 0 Å². The number of hydrogen-bond donors (Lipinski definition) is 1. The molecule has 0 unspecified atom stereocenters. The van der Waals surface area contributed by atoms with Gasteiger partial charge in [0.1, 0.15) is 6.04 Å². The molecule has 1 aromatic carbocycles. The van der Waals surface area contributed by atoms with E-state index in [1.54, 1.807) is 19.1 Å². The average molecular weight is 296 g/mol. The molecule has 2 heterocycles. The van der Waals surface area contributed by atoms with Gasteiger partial charge in [0.05, 0.1) is 16.8 Å². The maximum Gasteiger partial charge on any atom is 0.330 e. The normalized spacial score (nSPS) is 17.2. The van der Waals surface area contributed by atoms with Gasteiger partial charge in [0.25, 0.3) is 5.91 Å². The van der Waals surface area contributed by atoms with E-state index < -0.39 is 12.0 Å². The van der Waals surface area contributed by atoms with E-state index in [1.165, 1.54) is 11.0 Å². The van der Waals surface area contributed by atoms with Crippen molar-refractivity contribution in [3.63, 3.8) is 0 Å². The number of amides is 1. The maximum atomic E-state index is 12.7. The Morgan fingerprint density at radius 1 is 1.32 bits per heavy atom. The molecule has 1 aliphatic rings. The lowest BCUT2D eigenvalue weighted by Crippen LogP contribution is -2.41. The first-order valence-corrected chi connectivity index (χ1v) is 7.06. The topological polar surface area (TPSA) is 70.5 Å². The fourth-order valence-electron chi connectivity index (χ4n) is 2.76. The Kier molecular flexibility index (Phi) is 3.41. The number of aliphatic carboxylic acids is 1. The molecule has 0 fully saturated rings. The third-order valence-electron chi connectivity index (χ3n) is 3.94. The zero-order chi connectivity index (χ0) is 15.9. The molecule has 0 aliphatic carbocycles. The molecule has 0 spiro atoms. The fraction of sp³-hybridized carbons (Fsp3) is 0.235. The lowest BCUT2D eigenvalue weighted by molar-refractivity contribution is -0.140. The first kappa shape index (κ1) is 14.3. The molecule has 1 aromatic heterocycles. The molecule has 5 nitrogen and oxygen atoms in total. The second-order valence-corrected chi connectivity index (χ2v) is 5.44. The second kappa shape index (κ2) is 5.26. The molecule has 0 bridgehead atoms. The van der Waals surface area contributed by atoms with E-state index in [0.29, 0.717) is 17.8 Å². The number of aryl methyl sites for hydroxylation is 2. The van der Waals surface area contributed by atoms with Gasteiger partial charge < -0.3 is 10.0 Å². The third kappa shape index (κ3) is 2.24. The van der Waals surface area contributed by atoms with Crippen LogP contribution in [0.3, 0.4) is 0 Å². The van der Waals surface area contributed by atoms with Crippen molar-refractivity contribution in [2.75, 3.05) is 6.54 Å². The summed E-state index contributed by atoms with van der Waals surface area (Å²) in [6, 6.07) is 6.69. The molecule has 2 aromatic rings. The molecule has 3 rings (SSSR count). The van der Waals surface area contributed by atoms with E-state index in [0.717, 1.165) is 16.5 Å². The Morgan fingerprint density at radius 2 is 2.09 bits per heavy atom. The van der Waals surface area contributed by atoms with Crippen LogP contribution in [0.25, 0.3) is 10.9 Å². The van der Waals surface area contributed by atoms with E-state index in [1.807, 2.05) is 25.1 Å². The van der Waals surface area contributed by atoms with E-state index in [-0.39, 0.29) is 5.91 Å². The summed E-state index contributed by atoms with van der Waals surface area (Å²) in [6.07, 6.45) is 3.23. The highest BCUT2D eigenvalue weighted by atomic mass is 16.4. The van der Waals surface area contributed by atoms with Crippen LogP contribution < -0.4 is 0 Å². The number of fused-ring (bicyclic) bond motifs is 1. The zero-order valence-corrected chi connectivity index (χ0v) is 12.4. The number of carboxylic acid groups (broad SMARTS) is 1. The van der Waals surface area contributed by atoms with Crippen LogP contribution in [0.4, 0.5) is 0 Å². The number of hydrogen-bond acceptors (Lipinski definition) is 3. The van der Waals surface area contributed by atoms with Crippen LogP contribution in [0.5, 0.6) is 0 Å². The van der Waals surface area contributed by atoms with Gasteiger partial charge in [-0.25, -0.2) is 4.79 Å². The molecule has 0 saturated heterocycles. The number of carboxylic acids is 1. The van der Waals surface area contributed by atoms with Crippen LogP contribution in [-0.4, -0.2) is 39.5 Å². The van der Waals surface area contributed by atoms with Crippen molar-refractivity contribution in [2.24, 2.45) is 0 Å². The second-order valence-electron chi connectivity index (χ2n) is 5.44. The summed E-state index contributed by atoms with van der Waals surface area (Å²) < 4.78 is 0. The van der Waals surface area contributed by atoms with E-state index in [9.17, 15) is 14.7 Å². The Bertz CT molecular complexity index is 811. The number of carbonyl (C=O) groups excluding carboxylic acids is 1. The number of carbonyl (C=O) groups is 2. The summed E-state index contributed by atoms with van der Waals surface area (Å²) in [5.74, 6) is -1.32. The Balaban J connectivity index is 2.05. The number of rotatable bonds is 2. The standard InChI is InChI=1S/C17H16N2O3/c1-10-5-3-6-12-9-13(11(2)18-15(10)12)16(20)19-8-4-7-14(19)17(21)22/h3-7,9,14H,8H2,1-2H3,(H,21,22)/t14-/m1/s1. The molecule has 1 aliphatic heterocycles. The number of pyridine rings is 1. The molecule has 112 valence electrons. The summed E-state index contributed by atoms with van der Waals surface area (Å²) >= 11 is 0. The maximum absolute atomic E-state index is 12.7. The third-order valence-corrected chi connectivity index (χ3v) is 3.94. The first-order valence-electron chi connectivity index (χ1n) is 7.06. The number of benzene rings is 1. The summed E-state index contributed by atoms with van der Waals surface area (Å²) in [4.78, 5) is 29.8. The van der Waals surface area contributed by atoms with Crippen LogP contribution in [0.15, 0.2) is 36.4 Å². The van der Waals surface area contributed by atoms with E-state index in [2.05, 4.69) is 4.98 Å². The van der Waals surface area contributed by atoms with Crippen molar-refractivity contribution < 1.29 is 14.7 Å². The van der Waals surface area contributed by atoms with Gasteiger partial charge in [-0.2, -0.15) is 0 Å². The average Bonchev–Trinajstić information content (AvgIpc) is 2.96. The van der Waals surface area contributed by atoms with Crippen LogP contribution in [0, 0.1) is 13.8 Å². The summed E-state index contributed by atoms with van der Waals surface area (Å²) in [7, 11) is 0. The smallest absolute Gasteiger partial charge is 0.330 e. The number of nitrogens with zero attached hydrogens (tertiary/aromatic N) is 2. The van der Waals surface area contributed by atoms with Gasteiger partial charge in [-0.15, -0.1) is 0 Å². The van der Waals surface area contributed by atoms with E-state index in [4.69, 9.17) is 0 Å². The molecular weight excluding hydrogens is 280 g/mol. The monoisotopic (exact) mass is 296 g/mol. The zero-order valence-electron chi connectivity index (χ0n) is 12.4. The van der Waals surface area contributed by atoms with Crippen molar-refractivity contribution in [3.8, 4) is 0 Å². The highest BCUT2D eigenvalue weighted by Gasteiger charge is 2.31. The molecule has 22 heavy (non-hydrogen) atoms. The minimum atomic E-state index is -1.02. The number of aromatic nitrogens is 1. The van der Waals surface area contributed by atoms with Crippen molar-refractivity contribution in [2.45, 2.75) is 19.9 Å². The number of para-hydroxylation sites is 1. The highest BCUT2D eigenvalue weighted by molar-refractivity contribution is 6.01. The minimum absolute atomic E-state index is 0.300. The first-order chi connectivity index (χ1) is 10.5. The van der Waals surface area contributed by atoms with Crippen molar-refractivity contribution in [1.82, 2.24) is 9.88 Å². The Hall–Kier alpha value is -2.69. The fourth-order valence-corrected chi connectivity index (χ4v) is 2.76. The van der Waals surface area contributed by atoms with E-state index >= 15 is 0 Å². The van der Waals surface area contributed by atoms with Crippen LogP contribution in [0.1, 0.15) is 21.6 Å². The molecule has 0 saturated carbocycles. The molecule has 1 amide bonds. The van der Waals surface area contributed by atoms with Gasteiger partial charge in [0.15, 0.2) is 0 Å². The molecule has 1 atom stereocenters. The van der Waals surface area contributed by atoms with Crippen molar-refractivity contribution in [3.05, 3.63) is 53.2 Å². The minimum Gasteiger partial charge on any atom is -0.479 e. The van der Waals surface area contributed by atoms with Crippen LogP contribution in [0.2, 0.25) is 0 Å². The molecule has 0 radical (unpaired) electrons. The van der Waals surface area contributed by atoms with Crippen molar-refractivity contribution in [1.29, 1.82) is 0 Å². The van der Waals surface area contributed by atoms with Gasteiger partial charge in [-0.05, 0) is 25.5 Å². The molecular formula is C17H16N2O3. The Morgan fingerprint density at radius 3 is 2.82 bits per heavy atom. The summed E-state index contributed by atoms with van der Waals surface area (Å²) in [5, 5.41) is 10.1. The van der Waals surface area contributed by atoms with Gasteiger partial charge in [0, 0.05) is 11.9 Å². The van der Waals surface area contributed by atoms with Crippen molar-refractivity contribution >= 4 is 22.8 Å². The Labute approximate surface area is 127 Å². The summed E-state index contributed by atoms with van der Waals surface area (Å²) in [5.41, 5.74) is 2.98. The predicted molar refractivity (Wildman–Crippen MR) is 82.8 cm³/mol. The van der Waals surface area contributed by atoms with Gasteiger partial charge >= 0.3 is 5.97 Å². The largest absolute Gasteiger partial charge is 0.479 e. The highest BCUT2D eigenvalue weighted by Crippen LogP contribution is 2.22. The lowest BCUT2D eigenvalue weighted by atomic mass is 10.1. The van der Waals surface area contributed by atoms with Gasteiger partial charge in [-0.1, -0.05) is 30.4 Å². The lowest BCUT2D eigenvalue weighted by Gasteiger charge is -2.22.